The van der Waals surface area contributed by atoms with Crippen LogP contribution in [0.5, 0.6) is 0 Å². The number of halogens is 1. The lowest BCUT2D eigenvalue weighted by atomic mass is 10.1. The zero-order valence-electron chi connectivity index (χ0n) is 13.5. The Kier molecular flexibility index (Phi) is 4.65. The molecule has 2 N–H and O–H groups in total. The summed E-state index contributed by atoms with van der Waals surface area (Å²) in [5.74, 6) is 0.658. The van der Waals surface area contributed by atoms with Crippen LogP contribution in [0.25, 0.3) is 0 Å². The van der Waals surface area contributed by atoms with Gasteiger partial charge in [0.1, 0.15) is 5.82 Å². The minimum absolute atomic E-state index is 0.261. The highest BCUT2D eigenvalue weighted by atomic mass is 19.1. The summed E-state index contributed by atoms with van der Waals surface area (Å²) < 4.78 is 13.6. The van der Waals surface area contributed by atoms with Gasteiger partial charge >= 0.3 is 0 Å². The number of hydrogen-bond acceptors (Lipinski definition) is 5. The van der Waals surface area contributed by atoms with Crippen LogP contribution in [-0.4, -0.2) is 15.2 Å². The Morgan fingerprint density at radius 1 is 1.04 bits per heavy atom. The van der Waals surface area contributed by atoms with Gasteiger partial charge in [0.05, 0.1) is 6.20 Å². The van der Waals surface area contributed by atoms with Crippen LogP contribution in [0.15, 0.2) is 48.7 Å². The molecule has 0 saturated heterocycles. The molecule has 1 heterocycles. The summed E-state index contributed by atoms with van der Waals surface area (Å²) in [6.45, 7) is 4.39. The number of hydrogen-bond donors (Lipinski definition) is 2. The van der Waals surface area contributed by atoms with E-state index in [0.717, 1.165) is 11.3 Å². The van der Waals surface area contributed by atoms with Crippen molar-refractivity contribution in [3.05, 3.63) is 71.2 Å². The molecule has 0 bridgehead atoms. The molecule has 0 spiro atoms. The molecule has 0 unspecified atom stereocenters. The smallest absolute Gasteiger partial charge is 0.244 e. The summed E-state index contributed by atoms with van der Waals surface area (Å²) in [6, 6.07) is 12.6. The van der Waals surface area contributed by atoms with Gasteiger partial charge in [-0.3, -0.25) is 0 Å². The molecule has 0 saturated carbocycles. The molecule has 3 aromatic rings. The molecular formula is C18H18FN5. The molecule has 0 aliphatic rings. The van der Waals surface area contributed by atoms with Gasteiger partial charge in [0, 0.05) is 17.8 Å². The largest absolute Gasteiger partial charge is 0.349 e. The molecule has 1 aromatic heterocycles. The van der Waals surface area contributed by atoms with Gasteiger partial charge in [0.15, 0.2) is 5.82 Å². The number of anilines is 3. The standard InChI is InChI=1S/C18H18FN5/c1-12-6-5-9-16(13(12)2)22-17-11-21-24-18(23-17)20-10-14-7-3-4-8-15(14)19/h3-9,11H,10H2,1-2H3,(H2,20,22,23,24). The van der Waals surface area contributed by atoms with Crippen molar-refractivity contribution in [2.75, 3.05) is 10.6 Å². The molecule has 0 aliphatic heterocycles. The Morgan fingerprint density at radius 2 is 1.88 bits per heavy atom. The highest BCUT2D eigenvalue weighted by Crippen LogP contribution is 2.21. The van der Waals surface area contributed by atoms with E-state index in [2.05, 4.69) is 38.8 Å². The highest BCUT2D eigenvalue weighted by Gasteiger charge is 2.06. The number of aromatic nitrogens is 3. The first-order valence-electron chi connectivity index (χ1n) is 7.64. The van der Waals surface area contributed by atoms with Gasteiger partial charge in [0.2, 0.25) is 5.95 Å². The van der Waals surface area contributed by atoms with Crippen LogP contribution in [0.4, 0.5) is 21.8 Å². The van der Waals surface area contributed by atoms with Crippen molar-refractivity contribution < 1.29 is 4.39 Å². The van der Waals surface area contributed by atoms with Gasteiger partial charge in [-0.15, -0.1) is 5.10 Å². The fourth-order valence-corrected chi connectivity index (χ4v) is 2.28. The van der Waals surface area contributed by atoms with Crippen molar-refractivity contribution in [1.29, 1.82) is 0 Å². The molecular weight excluding hydrogens is 305 g/mol. The molecule has 5 nitrogen and oxygen atoms in total. The second-order valence-electron chi connectivity index (χ2n) is 5.48. The van der Waals surface area contributed by atoms with Gasteiger partial charge < -0.3 is 10.6 Å². The van der Waals surface area contributed by atoms with E-state index in [0.29, 0.717) is 23.9 Å². The van der Waals surface area contributed by atoms with E-state index in [1.807, 2.05) is 19.1 Å². The van der Waals surface area contributed by atoms with Crippen LogP contribution in [0.2, 0.25) is 0 Å². The maximum atomic E-state index is 13.6. The van der Waals surface area contributed by atoms with Crippen LogP contribution in [0.3, 0.4) is 0 Å². The van der Waals surface area contributed by atoms with Crippen molar-refractivity contribution in [2.45, 2.75) is 20.4 Å². The van der Waals surface area contributed by atoms with Crippen LogP contribution < -0.4 is 10.6 Å². The Hall–Kier alpha value is -3.02. The molecule has 122 valence electrons. The van der Waals surface area contributed by atoms with E-state index in [1.165, 1.54) is 11.6 Å². The fourth-order valence-electron chi connectivity index (χ4n) is 2.28. The third kappa shape index (κ3) is 3.65. The van der Waals surface area contributed by atoms with E-state index in [9.17, 15) is 4.39 Å². The normalized spacial score (nSPS) is 10.5. The SMILES string of the molecule is Cc1cccc(Nc2cnnc(NCc3ccccc3F)n2)c1C. The maximum Gasteiger partial charge on any atom is 0.244 e. The predicted molar refractivity (Wildman–Crippen MR) is 92.8 cm³/mol. The molecule has 0 aliphatic carbocycles. The third-order valence-corrected chi connectivity index (χ3v) is 3.82. The van der Waals surface area contributed by atoms with Crippen molar-refractivity contribution in [1.82, 2.24) is 15.2 Å². The quantitative estimate of drug-likeness (QED) is 0.743. The van der Waals surface area contributed by atoms with E-state index >= 15 is 0 Å². The predicted octanol–water partition coefficient (Wildman–Crippen LogP) is 3.98. The molecule has 3 rings (SSSR count). The monoisotopic (exact) mass is 323 g/mol. The minimum Gasteiger partial charge on any atom is -0.349 e. The van der Waals surface area contributed by atoms with Crippen molar-refractivity contribution >= 4 is 17.5 Å². The second-order valence-corrected chi connectivity index (χ2v) is 5.48. The fraction of sp³-hybridized carbons (Fsp3) is 0.167. The number of aryl methyl sites for hydroxylation is 1. The summed E-state index contributed by atoms with van der Waals surface area (Å²) in [5.41, 5.74) is 3.86. The Balaban J connectivity index is 1.72. The summed E-state index contributed by atoms with van der Waals surface area (Å²) >= 11 is 0. The lowest BCUT2D eigenvalue weighted by Gasteiger charge is -2.11. The van der Waals surface area contributed by atoms with E-state index in [-0.39, 0.29) is 5.82 Å². The van der Waals surface area contributed by atoms with Crippen LogP contribution >= 0.6 is 0 Å². The molecule has 0 radical (unpaired) electrons. The number of nitrogens with zero attached hydrogens (tertiary/aromatic N) is 3. The van der Waals surface area contributed by atoms with Gasteiger partial charge in [-0.2, -0.15) is 10.1 Å². The molecule has 0 amide bonds. The lowest BCUT2D eigenvalue weighted by Crippen LogP contribution is -2.07. The maximum absolute atomic E-state index is 13.6. The lowest BCUT2D eigenvalue weighted by molar-refractivity contribution is 0.612. The third-order valence-electron chi connectivity index (χ3n) is 3.82. The van der Waals surface area contributed by atoms with Gasteiger partial charge in [-0.25, -0.2) is 4.39 Å². The number of rotatable bonds is 5. The first-order valence-corrected chi connectivity index (χ1v) is 7.64. The van der Waals surface area contributed by atoms with E-state index < -0.39 is 0 Å². The van der Waals surface area contributed by atoms with Crippen molar-refractivity contribution in [3.8, 4) is 0 Å². The summed E-state index contributed by atoms with van der Waals surface area (Å²) in [7, 11) is 0. The highest BCUT2D eigenvalue weighted by molar-refractivity contribution is 5.61. The van der Waals surface area contributed by atoms with E-state index in [4.69, 9.17) is 0 Å². The average molecular weight is 323 g/mol. The first-order chi connectivity index (χ1) is 11.6. The van der Waals surface area contributed by atoms with Crippen molar-refractivity contribution in [3.63, 3.8) is 0 Å². The Labute approximate surface area is 140 Å². The number of nitrogens with one attached hydrogen (secondary N) is 2. The molecule has 0 fully saturated rings. The van der Waals surface area contributed by atoms with Gasteiger partial charge in [0.25, 0.3) is 0 Å². The van der Waals surface area contributed by atoms with Crippen molar-refractivity contribution in [2.24, 2.45) is 0 Å². The summed E-state index contributed by atoms with van der Waals surface area (Å²) in [6.07, 6.45) is 1.55. The topological polar surface area (TPSA) is 62.7 Å². The average Bonchev–Trinajstić information content (AvgIpc) is 2.59. The first kappa shape index (κ1) is 15.9. The van der Waals surface area contributed by atoms with Gasteiger partial charge in [-0.1, -0.05) is 30.3 Å². The number of benzene rings is 2. The van der Waals surface area contributed by atoms with E-state index in [1.54, 1.807) is 24.4 Å². The summed E-state index contributed by atoms with van der Waals surface area (Å²) in [5, 5.41) is 14.1. The Morgan fingerprint density at radius 3 is 2.71 bits per heavy atom. The second kappa shape index (κ2) is 7.04. The summed E-state index contributed by atoms with van der Waals surface area (Å²) in [4.78, 5) is 4.37. The molecule has 2 aromatic carbocycles. The molecule has 24 heavy (non-hydrogen) atoms. The zero-order valence-corrected chi connectivity index (χ0v) is 13.5. The minimum atomic E-state index is -0.261. The molecule has 6 heteroatoms. The Bertz CT molecular complexity index is 850. The zero-order chi connectivity index (χ0) is 16.9. The van der Waals surface area contributed by atoms with Crippen LogP contribution in [0.1, 0.15) is 16.7 Å². The molecule has 0 atom stereocenters. The van der Waals surface area contributed by atoms with Crippen LogP contribution in [-0.2, 0) is 6.54 Å². The van der Waals surface area contributed by atoms with Crippen LogP contribution in [0, 0.1) is 19.7 Å². The van der Waals surface area contributed by atoms with Gasteiger partial charge in [-0.05, 0) is 37.1 Å².